The molecule has 5 nitrogen and oxygen atoms in total. The van der Waals surface area contributed by atoms with Crippen LogP contribution in [-0.2, 0) is 4.79 Å². The zero-order chi connectivity index (χ0) is 12.3. The number of carbonyl (C=O) groups excluding carboxylic acids is 1. The predicted octanol–water partition coefficient (Wildman–Crippen LogP) is 2.75. The Bertz CT molecular complexity index is 467. The van der Waals surface area contributed by atoms with Crippen molar-refractivity contribution in [3.05, 3.63) is 24.8 Å². The lowest BCUT2D eigenvalue weighted by Gasteiger charge is -2.08. The maximum Gasteiger partial charge on any atom is 0.231 e. The Kier molecular flexibility index (Phi) is 7.11. The van der Waals surface area contributed by atoms with Gasteiger partial charge in [0.05, 0.1) is 11.4 Å². The van der Waals surface area contributed by atoms with Crippen molar-refractivity contribution in [2.45, 2.75) is 12.8 Å². The van der Waals surface area contributed by atoms with Crippen LogP contribution in [0.3, 0.4) is 0 Å². The lowest BCUT2D eigenvalue weighted by atomic mass is 10.2. The minimum absolute atomic E-state index is 0. The third-order valence-electron chi connectivity index (χ3n) is 2.39. The molecule has 0 atom stereocenters. The van der Waals surface area contributed by atoms with Gasteiger partial charge in [0.2, 0.25) is 12.7 Å². The molecule has 0 aromatic heterocycles. The van der Waals surface area contributed by atoms with Gasteiger partial charge >= 0.3 is 0 Å². The van der Waals surface area contributed by atoms with Crippen LogP contribution in [0.1, 0.15) is 12.8 Å². The average Bonchev–Trinajstić information content (AvgIpc) is 2.74. The molecule has 7 heteroatoms. The fourth-order valence-electron chi connectivity index (χ4n) is 1.51. The standard InChI is InChI=1S/C12H14N2O3.2ClH/c1-2-3-4-12(15)14-9-6-11-10(5-8(9)13)16-7-17-11;;/h2,5-6H,1,3-4,7,13H2,(H,14,15);2*1H. The fraction of sp³-hybridized carbons (Fsp3) is 0.250. The quantitative estimate of drug-likeness (QED) is 0.662. The molecule has 1 aliphatic rings. The lowest BCUT2D eigenvalue weighted by Crippen LogP contribution is -2.12. The highest BCUT2D eigenvalue weighted by Crippen LogP contribution is 2.38. The molecule has 1 aromatic carbocycles. The first-order valence-electron chi connectivity index (χ1n) is 5.30. The minimum atomic E-state index is -0.101. The summed E-state index contributed by atoms with van der Waals surface area (Å²) < 4.78 is 10.4. The van der Waals surface area contributed by atoms with E-state index in [2.05, 4.69) is 11.9 Å². The number of halogens is 2. The van der Waals surface area contributed by atoms with Crippen LogP contribution in [0.25, 0.3) is 0 Å². The van der Waals surface area contributed by atoms with Crippen LogP contribution in [0, 0.1) is 0 Å². The number of rotatable bonds is 4. The maximum atomic E-state index is 11.5. The monoisotopic (exact) mass is 306 g/mol. The van der Waals surface area contributed by atoms with E-state index in [4.69, 9.17) is 15.2 Å². The number of carbonyl (C=O) groups is 1. The van der Waals surface area contributed by atoms with E-state index in [-0.39, 0.29) is 37.5 Å². The summed E-state index contributed by atoms with van der Waals surface area (Å²) in [5.74, 6) is 1.10. The normalized spacial score (nSPS) is 10.9. The van der Waals surface area contributed by atoms with Crippen molar-refractivity contribution >= 4 is 42.1 Å². The van der Waals surface area contributed by atoms with Crippen LogP contribution < -0.4 is 20.5 Å². The topological polar surface area (TPSA) is 73.6 Å². The van der Waals surface area contributed by atoms with Gasteiger partial charge in [0.1, 0.15) is 0 Å². The summed E-state index contributed by atoms with van der Waals surface area (Å²) in [7, 11) is 0. The smallest absolute Gasteiger partial charge is 0.231 e. The zero-order valence-corrected chi connectivity index (χ0v) is 11.8. The average molecular weight is 307 g/mol. The molecule has 0 unspecified atom stereocenters. The summed E-state index contributed by atoms with van der Waals surface area (Å²) >= 11 is 0. The van der Waals surface area contributed by atoms with Gasteiger partial charge in [-0.1, -0.05) is 6.08 Å². The molecule has 0 bridgehead atoms. The van der Waals surface area contributed by atoms with Crippen LogP contribution in [0.15, 0.2) is 24.8 Å². The lowest BCUT2D eigenvalue weighted by molar-refractivity contribution is -0.116. The third-order valence-corrected chi connectivity index (χ3v) is 2.39. The molecular formula is C12H16Cl2N2O3. The van der Waals surface area contributed by atoms with Gasteiger partial charge in [0, 0.05) is 18.6 Å². The molecule has 1 aromatic rings. The molecule has 106 valence electrons. The highest BCUT2D eigenvalue weighted by Gasteiger charge is 2.16. The molecule has 19 heavy (non-hydrogen) atoms. The molecule has 0 radical (unpaired) electrons. The number of anilines is 2. The number of nitrogens with one attached hydrogen (secondary N) is 1. The predicted molar refractivity (Wildman–Crippen MR) is 79.5 cm³/mol. The van der Waals surface area contributed by atoms with Gasteiger partial charge in [0.15, 0.2) is 11.5 Å². The van der Waals surface area contributed by atoms with Gasteiger partial charge in [-0.2, -0.15) is 0 Å². The second-order valence-corrected chi connectivity index (χ2v) is 3.67. The number of nitrogen functional groups attached to an aromatic ring is 1. The number of amides is 1. The zero-order valence-electron chi connectivity index (χ0n) is 10.2. The molecule has 0 saturated carbocycles. The maximum absolute atomic E-state index is 11.5. The Hall–Kier alpha value is -1.59. The van der Waals surface area contributed by atoms with Crippen molar-refractivity contribution in [3.8, 4) is 11.5 Å². The van der Waals surface area contributed by atoms with Crippen molar-refractivity contribution in [3.63, 3.8) is 0 Å². The van der Waals surface area contributed by atoms with E-state index in [0.717, 1.165) is 0 Å². The van der Waals surface area contributed by atoms with Crippen LogP contribution in [0.2, 0.25) is 0 Å². The van der Waals surface area contributed by atoms with Crippen molar-refractivity contribution in [1.82, 2.24) is 0 Å². The Morgan fingerprint density at radius 3 is 2.63 bits per heavy atom. The highest BCUT2D eigenvalue weighted by molar-refractivity contribution is 5.94. The molecule has 3 N–H and O–H groups in total. The first-order valence-corrected chi connectivity index (χ1v) is 5.30. The molecule has 1 amide bonds. The van der Waals surface area contributed by atoms with Crippen LogP contribution in [-0.4, -0.2) is 12.7 Å². The van der Waals surface area contributed by atoms with E-state index in [1.807, 2.05) is 0 Å². The number of benzene rings is 1. The number of hydrogen-bond acceptors (Lipinski definition) is 4. The molecule has 1 heterocycles. The Balaban J connectivity index is 0.00000162. The summed E-state index contributed by atoms with van der Waals surface area (Å²) in [5.41, 5.74) is 6.80. The summed E-state index contributed by atoms with van der Waals surface area (Å²) in [5, 5.41) is 2.73. The molecule has 2 rings (SSSR count). The molecule has 0 spiro atoms. The number of allylic oxidation sites excluding steroid dienone is 1. The third kappa shape index (κ3) is 4.22. The second kappa shape index (κ2) is 7.76. The second-order valence-electron chi connectivity index (χ2n) is 3.67. The van der Waals surface area contributed by atoms with E-state index < -0.39 is 0 Å². The van der Waals surface area contributed by atoms with Crippen molar-refractivity contribution in [2.24, 2.45) is 0 Å². The SMILES string of the molecule is C=CCCC(=O)Nc1cc2c(cc1N)OCO2.Cl.Cl. The van der Waals surface area contributed by atoms with Gasteiger partial charge in [-0.15, -0.1) is 31.4 Å². The first kappa shape index (κ1) is 17.4. The number of nitrogens with two attached hydrogens (primary N) is 1. The van der Waals surface area contributed by atoms with Crippen LogP contribution in [0.5, 0.6) is 11.5 Å². The fourth-order valence-corrected chi connectivity index (χ4v) is 1.51. The molecule has 0 fully saturated rings. The molecule has 0 saturated heterocycles. The summed E-state index contributed by atoms with van der Waals surface area (Å²) in [6, 6.07) is 3.31. The summed E-state index contributed by atoms with van der Waals surface area (Å²) in [6.45, 7) is 3.75. The number of ether oxygens (including phenoxy) is 2. The summed E-state index contributed by atoms with van der Waals surface area (Å²) in [4.78, 5) is 11.5. The highest BCUT2D eigenvalue weighted by atomic mass is 35.5. The van der Waals surface area contributed by atoms with Crippen molar-refractivity contribution in [2.75, 3.05) is 17.8 Å². The molecule has 1 aliphatic heterocycles. The first-order chi connectivity index (χ1) is 8.20. The van der Waals surface area contributed by atoms with Crippen LogP contribution >= 0.6 is 24.8 Å². The van der Waals surface area contributed by atoms with Gasteiger partial charge in [-0.25, -0.2) is 0 Å². The Morgan fingerprint density at radius 1 is 1.37 bits per heavy atom. The van der Waals surface area contributed by atoms with E-state index in [1.165, 1.54) is 0 Å². The molecule has 0 aliphatic carbocycles. The van der Waals surface area contributed by atoms with Crippen molar-refractivity contribution < 1.29 is 14.3 Å². The summed E-state index contributed by atoms with van der Waals surface area (Å²) in [6.07, 6.45) is 2.72. The van der Waals surface area contributed by atoms with Crippen LogP contribution in [0.4, 0.5) is 11.4 Å². The minimum Gasteiger partial charge on any atom is -0.454 e. The van der Waals surface area contributed by atoms with E-state index >= 15 is 0 Å². The van der Waals surface area contributed by atoms with E-state index in [9.17, 15) is 4.79 Å². The van der Waals surface area contributed by atoms with E-state index in [0.29, 0.717) is 35.7 Å². The van der Waals surface area contributed by atoms with Crippen molar-refractivity contribution in [1.29, 1.82) is 0 Å². The van der Waals surface area contributed by atoms with Gasteiger partial charge in [-0.05, 0) is 6.42 Å². The Morgan fingerprint density at radius 2 is 2.00 bits per heavy atom. The van der Waals surface area contributed by atoms with Gasteiger partial charge in [0.25, 0.3) is 0 Å². The van der Waals surface area contributed by atoms with E-state index in [1.54, 1.807) is 18.2 Å². The molecular weight excluding hydrogens is 291 g/mol. The van der Waals surface area contributed by atoms with Gasteiger partial charge in [-0.3, -0.25) is 4.79 Å². The Labute approximate surface area is 124 Å². The number of fused-ring (bicyclic) bond motifs is 1. The van der Waals surface area contributed by atoms with Gasteiger partial charge < -0.3 is 20.5 Å². The largest absolute Gasteiger partial charge is 0.454 e. The number of hydrogen-bond donors (Lipinski definition) is 2.